The number of hydrogen-bond donors (Lipinski definition) is 0. The molecule has 1 aliphatic rings. The van der Waals surface area contributed by atoms with E-state index in [1.807, 2.05) is 11.4 Å². The fourth-order valence-electron chi connectivity index (χ4n) is 2.25. The van der Waals surface area contributed by atoms with Gasteiger partial charge in [-0.25, -0.2) is 4.98 Å². The second-order valence-electron chi connectivity index (χ2n) is 4.66. The first-order chi connectivity index (χ1) is 9.79. The Morgan fingerprint density at radius 1 is 1.55 bits per heavy atom. The third kappa shape index (κ3) is 2.68. The van der Waals surface area contributed by atoms with Crippen LogP contribution in [-0.2, 0) is 11.3 Å². The van der Waals surface area contributed by atoms with Crippen molar-refractivity contribution in [2.45, 2.75) is 29.8 Å². The molecule has 0 spiro atoms. The lowest BCUT2D eigenvalue weighted by atomic mass is 10.2. The van der Waals surface area contributed by atoms with Crippen LogP contribution in [0.5, 0.6) is 0 Å². The normalized spacial score (nSPS) is 16.6. The second kappa shape index (κ2) is 6.11. The lowest BCUT2D eigenvalue weighted by Crippen LogP contribution is -2.24. The van der Waals surface area contributed by atoms with Crippen molar-refractivity contribution in [2.24, 2.45) is 0 Å². The zero-order chi connectivity index (χ0) is 13.9. The maximum Gasteiger partial charge on any atom is 0.272 e. The third-order valence-corrected chi connectivity index (χ3v) is 5.50. The Morgan fingerprint density at radius 3 is 3.10 bits per heavy atom. The van der Waals surface area contributed by atoms with Crippen LogP contribution in [0, 0.1) is 0 Å². The van der Waals surface area contributed by atoms with Crippen LogP contribution in [0.15, 0.2) is 34.1 Å². The molecule has 0 aliphatic carbocycles. The molecule has 0 N–H and O–H groups in total. The van der Waals surface area contributed by atoms with Crippen LogP contribution in [-0.4, -0.2) is 28.0 Å². The Morgan fingerprint density at radius 2 is 2.35 bits per heavy atom. The predicted octanol–water partition coefficient (Wildman–Crippen LogP) is 2.92. The minimum Gasteiger partial charge on any atom is -0.381 e. The van der Waals surface area contributed by atoms with E-state index in [0.717, 1.165) is 41.4 Å². The first-order valence-corrected chi connectivity index (χ1v) is 8.39. The van der Waals surface area contributed by atoms with Crippen LogP contribution < -0.4 is 5.56 Å². The Labute approximate surface area is 125 Å². The molecule has 3 rings (SSSR count). The van der Waals surface area contributed by atoms with Crippen LogP contribution in [0.25, 0.3) is 10.2 Å². The van der Waals surface area contributed by atoms with Crippen molar-refractivity contribution in [1.29, 1.82) is 0 Å². The van der Waals surface area contributed by atoms with Gasteiger partial charge in [-0.3, -0.25) is 9.36 Å². The zero-order valence-electron chi connectivity index (χ0n) is 11.1. The molecule has 0 radical (unpaired) electrons. The van der Waals surface area contributed by atoms with Crippen LogP contribution >= 0.6 is 23.1 Å². The summed E-state index contributed by atoms with van der Waals surface area (Å²) >= 11 is 3.14. The van der Waals surface area contributed by atoms with E-state index in [0.29, 0.717) is 11.8 Å². The summed E-state index contributed by atoms with van der Waals surface area (Å²) in [7, 11) is 0. The molecular weight excluding hydrogens is 292 g/mol. The van der Waals surface area contributed by atoms with E-state index < -0.39 is 0 Å². The number of aromatic nitrogens is 2. The number of fused-ring (bicyclic) bond motifs is 1. The maximum atomic E-state index is 12.5. The van der Waals surface area contributed by atoms with Crippen LogP contribution in [0.2, 0.25) is 0 Å². The first-order valence-electron chi connectivity index (χ1n) is 6.63. The van der Waals surface area contributed by atoms with E-state index in [9.17, 15) is 4.79 Å². The van der Waals surface area contributed by atoms with E-state index in [4.69, 9.17) is 4.74 Å². The van der Waals surface area contributed by atoms with Crippen LogP contribution in [0.1, 0.15) is 12.8 Å². The zero-order valence-corrected chi connectivity index (χ0v) is 12.7. The number of ether oxygens (including phenoxy) is 1. The molecule has 0 saturated carbocycles. The molecule has 0 amide bonds. The van der Waals surface area contributed by atoms with Crippen molar-refractivity contribution >= 4 is 33.3 Å². The SMILES string of the molecule is C=CCn1c(SC2CCOCC2)nc2ccsc2c1=O. The van der Waals surface area contributed by atoms with Crippen molar-refractivity contribution in [1.82, 2.24) is 9.55 Å². The molecule has 2 aromatic heterocycles. The van der Waals surface area contributed by atoms with Gasteiger partial charge in [-0.1, -0.05) is 17.8 Å². The van der Waals surface area contributed by atoms with Crippen molar-refractivity contribution in [3.05, 3.63) is 34.5 Å². The lowest BCUT2D eigenvalue weighted by Gasteiger charge is -2.22. The number of allylic oxidation sites excluding steroid dienone is 1. The Balaban J connectivity index is 2.00. The fraction of sp³-hybridized carbons (Fsp3) is 0.429. The quantitative estimate of drug-likeness (QED) is 0.643. The number of hydrogen-bond acceptors (Lipinski definition) is 5. The minimum absolute atomic E-state index is 0.0412. The number of thiophene rings is 1. The van der Waals surface area contributed by atoms with Gasteiger partial charge < -0.3 is 4.74 Å². The highest BCUT2D eigenvalue weighted by atomic mass is 32.2. The predicted molar refractivity (Wildman–Crippen MR) is 83.8 cm³/mol. The number of nitrogens with zero attached hydrogens (tertiary/aromatic N) is 2. The summed E-state index contributed by atoms with van der Waals surface area (Å²) in [5.74, 6) is 0. The molecule has 1 fully saturated rings. The average Bonchev–Trinajstić information content (AvgIpc) is 2.93. The molecule has 20 heavy (non-hydrogen) atoms. The van der Waals surface area contributed by atoms with Crippen LogP contribution in [0.4, 0.5) is 0 Å². The second-order valence-corrected chi connectivity index (χ2v) is 6.85. The monoisotopic (exact) mass is 308 g/mol. The van der Waals surface area contributed by atoms with Gasteiger partial charge in [-0.2, -0.15) is 0 Å². The maximum absolute atomic E-state index is 12.5. The van der Waals surface area contributed by atoms with Gasteiger partial charge >= 0.3 is 0 Å². The Bertz CT molecular complexity index is 671. The van der Waals surface area contributed by atoms with Gasteiger partial charge in [0.1, 0.15) is 4.70 Å². The molecule has 6 heteroatoms. The summed E-state index contributed by atoms with van der Waals surface area (Å²) < 4.78 is 7.83. The van der Waals surface area contributed by atoms with E-state index in [-0.39, 0.29) is 5.56 Å². The van der Waals surface area contributed by atoms with E-state index >= 15 is 0 Å². The topological polar surface area (TPSA) is 44.1 Å². The van der Waals surface area contributed by atoms with Gasteiger partial charge in [0.15, 0.2) is 5.16 Å². The standard InChI is InChI=1S/C14H16N2O2S2/c1-2-6-16-13(17)12-11(5-9-19-12)15-14(16)20-10-3-7-18-8-4-10/h2,5,9-10H,1,3-4,6-8H2. The van der Waals surface area contributed by atoms with Crippen LogP contribution in [0.3, 0.4) is 0 Å². The molecule has 0 aromatic carbocycles. The minimum atomic E-state index is 0.0412. The fourth-order valence-corrected chi connectivity index (χ4v) is 4.19. The van der Waals surface area contributed by atoms with Gasteiger partial charge in [0, 0.05) is 25.0 Å². The van der Waals surface area contributed by atoms with E-state index in [1.54, 1.807) is 22.4 Å². The molecule has 0 unspecified atom stereocenters. The summed E-state index contributed by atoms with van der Waals surface area (Å²) in [5.41, 5.74) is 0.842. The molecule has 0 atom stereocenters. The number of rotatable bonds is 4. The van der Waals surface area contributed by atoms with Gasteiger partial charge in [-0.15, -0.1) is 17.9 Å². The molecule has 2 aromatic rings. The van der Waals surface area contributed by atoms with Gasteiger partial charge in [0.2, 0.25) is 0 Å². The molecule has 1 aliphatic heterocycles. The van der Waals surface area contributed by atoms with Gasteiger partial charge in [0.25, 0.3) is 5.56 Å². The van der Waals surface area contributed by atoms with E-state index in [2.05, 4.69) is 11.6 Å². The Kier molecular flexibility index (Phi) is 4.24. The highest BCUT2D eigenvalue weighted by Crippen LogP contribution is 2.29. The molecule has 3 heterocycles. The molecule has 1 saturated heterocycles. The smallest absolute Gasteiger partial charge is 0.272 e. The van der Waals surface area contributed by atoms with Gasteiger partial charge in [-0.05, 0) is 24.3 Å². The first kappa shape index (κ1) is 13.9. The molecule has 4 nitrogen and oxygen atoms in total. The summed E-state index contributed by atoms with van der Waals surface area (Å²) in [6, 6.07) is 1.91. The van der Waals surface area contributed by atoms with Crippen molar-refractivity contribution < 1.29 is 4.74 Å². The highest BCUT2D eigenvalue weighted by Gasteiger charge is 2.19. The molecule has 0 bridgehead atoms. The summed E-state index contributed by atoms with van der Waals surface area (Å²) in [5, 5.41) is 3.19. The van der Waals surface area contributed by atoms with E-state index in [1.165, 1.54) is 11.3 Å². The van der Waals surface area contributed by atoms with Crippen molar-refractivity contribution in [3.8, 4) is 0 Å². The highest BCUT2D eigenvalue weighted by molar-refractivity contribution is 7.99. The third-order valence-electron chi connectivity index (χ3n) is 3.28. The van der Waals surface area contributed by atoms with Gasteiger partial charge in [0.05, 0.1) is 5.52 Å². The number of thioether (sulfide) groups is 1. The largest absolute Gasteiger partial charge is 0.381 e. The molecular formula is C14H16N2O2S2. The van der Waals surface area contributed by atoms with Crippen molar-refractivity contribution in [2.75, 3.05) is 13.2 Å². The van der Waals surface area contributed by atoms with Crippen molar-refractivity contribution in [3.63, 3.8) is 0 Å². The Hall–Kier alpha value is -1.11. The summed E-state index contributed by atoms with van der Waals surface area (Å²) in [6.45, 7) is 5.84. The molecule has 106 valence electrons. The summed E-state index contributed by atoms with van der Waals surface area (Å²) in [4.78, 5) is 17.1. The average molecular weight is 308 g/mol. The lowest BCUT2D eigenvalue weighted by molar-refractivity contribution is 0.0999. The summed E-state index contributed by atoms with van der Waals surface area (Å²) in [6.07, 6.45) is 3.77.